The zero-order valence-corrected chi connectivity index (χ0v) is 22.9. The van der Waals surface area contributed by atoms with Gasteiger partial charge in [0.25, 0.3) is 0 Å². The summed E-state index contributed by atoms with van der Waals surface area (Å²) in [6.45, 7) is 3.15. The molecule has 7 heteroatoms. The van der Waals surface area contributed by atoms with E-state index in [9.17, 15) is 4.79 Å². The van der Waals surface area contributed by atoms with E-state index in [1.54, 1.807) is 23.1 Å². The number of nitriles is 1. The average molecular weight is 604 g/mol. The minimum absolute atomic E-state index is 0.0752. The molecule has 0 saturated carbocycles. The molecule has 0 radical (unpaired) electrons. The number of benzene rings is 3. The van der Waals surface area contributed by atoms with Crippen LogP contribution in [0.3, 0.4) is 0 Å². The van der Waals surface area contributed by atoms with Crippen molar-refractivity contribution in [1.29, 1.82) is 5.26 Å². The summed E-state index contributed by atoms with van der Waals surface area (Å²) in [6.07, 6.45) is 2.95. The molecule has 5 rings (SSSR count). The van der Waals surface area contributed by atoms with Crippen molar-refractivity contribution in [3.05, 3.63) is 95.7 Å². The number of ether oxygens (including phenoxy) is 1. The first-order valence-electron chi connectivity index (χ1n) is 12.5. The second-order valence-corrected chi connectivity index (χ2v) is 13.7. The van der Waals surface area contributed by atoms with Gasteiger partial charge in [0, 0.05) is 0 Å². The molecule has 0 bridgehead atoms. The molecule has 0 spiro atoms. The van der Waals surface area contributed by atoms with Crippen LogP contribution in [0.5, 0.6) is 11.5 Å². The topological polar surface area (TPSA) is 77.7 Å². The minimum atomic E-state index is -1.03. The van der Waals surface area contributed by atoms with Gasteiger partial charge in [0.15, 0.2) is 0 Å². The number of anilines is 1. The molecule has 3 aromatic carbocycles. The van der Waals surface area contributed by atoms with Gasteiger partial charge in [-0.3, -0.25) is 0 Å². The van der Waals surface area contributed by atoms with Crippen molar-refractivity contribution >= 4 is 37.4 Å². The van der Waals surface area contributed by atoms with Crippen molar-refractivity contribution in [3.63, 3.8) is 0 Å². The summed E-state index contributed by atoms with van der Waals surface area (Å²) < 4.78 is 12.0. The number of unbranched alkanes of at least 4 members (excludes halogenated alkanes) is 1. The third-order valence-electron chi connectivity index (χ3n) is 6.31. The fourth-order valence-electron chi connectivity index (χ4n) is 4.20. The van der Waals surface area contributed by atoms with Crippen molar-refractivity contribution in [3.8, 4) is 17.6 Å². The Morgan fingerprint density at radius 3 is 2.57 bits per heavy atom. The van der Waals surface area contributed by atoms with Crippen LogP contribution >= 0.6 is 19.8 Å². The fourth-order valence-corrected chi connectivity index (χ4v) is 7.27. The Hall–Kier alpha value is -3.64. The third-order valence-corrected chi connectivity index (χ3v) is 9.90. The predicted molar refractivity (Wildman–Crippen MR) is 155 cm³/mol. The van der Waals surface area contributed by atoms with Crippen molar-refractivity contribution in [1.82, 2.24) is 4.90 Å². The molecule has 0 aliphatic carbocycles. The summed E-state index contributed by atoms with van der Waals surface area (Å²) in [5.41, 5.74) is 2.47. The summed E-state index contributed by atoms with van der Waals surface area (Å²) in [5, 5.41) is 12.5. The maximum atomic E-state index is 13.5. The molecule has 0 fully saturated rings. The summed E-state index contributed by atoms with van der Waals surface area (Å²) >= 11 is -1.03. The van der Waals surface area contributed by atoms with Gasteiger partial charge < -0.3 is 4.74 Å². The number of carbonyl (C=O) groups excluding carboxylic acids is 1. The van der Waals surface area contributed by atoms with E-state index in [1.807, 2.05) is 30.3 Å². The van der Waals surface area contributed by atoms with Crippen molar-refractivity contribution in [2.75, 3.05) is 11.9 Å². The van der Waals surface area contributed by atoms with Crippen LogP contribution in [0.2, 0.25) is 0 Å². The van der Waals surface area contributed by atoms with Gasteiger partial charge in [-0.25, -0.2) is 0 Å². The van der Waals surface area contributed by atoms with Crippen LogP contribution in [0.25, 0.3) is 0 Å². The van der Waals surface area contributed by atoms with Crippen molar-refractivity contribution in [2.45, 2.75) is 32.7 Å². The number of carbonyl (C=O) groups is 1. The Morgan fingerprint density at radius 2 is 1.86 bits per heavy atom. The number of guanidine groups is 1. The Bertz CT molecular complexity index is 1350. The summed E-state index contributed by atoms with van der Waals surface area (Å²) in [4.78, 5) is 20.1. The number of aliphatic imine (C=N–C) groups is 1. The van der Waals surface area contributed by atoms with Gasteiger partial charge in [0.2, 0.25) is 0 Å². The van der Waals surface area contributed by atoms with Crippen LogP contribution in [0, 0.1) is 20.8 Å². The Labute approximate surface area is 225 Å². The second kappa shape index (κ2) is 11.6. The Balaban J connectivity index is 1.30. The number of nitrogens with one attached hydrogen (secondary N) is 1. The van der Waals surface area contributed by atoms with Crippen LogP contribution in [-0.2, 0) is 11.3 Å². The van der Waals surface area contributed by atoms with Gasteiger partial charge in [-0.2, -0.15) is 5.26 Å². The Morgan fingerprint density at radius 1 is 1.08 bits per heavy atom. The number of hydrogen-bond donors (Lipinski definition) is 1. The summed E-state index contributed by atoms with van der Waals surface area (Å²) in [5.74, 6) is 1.91. The molecule has 1 atom stereocenters. The predicted octanol–water partition coefficient (Wildman–Crippen LogP) is 7.13. The van der Waals surface area contributed by atoms with Crippen LogP contribution in [-0.4, -0.2) is 23.3 Å². The van der Waals surface area contributed by atoms with Crippen LogP contribution in [0.4, 0.5) is 5.69 Å². The van der Waals surface area contributed by atoms with Crippen molar-refractivity contribution < 1.29 is 9.53 Å². The van der Waals surface area contributed by atoms with E-state index in [2.05, 4.69) is 50.7 Å². The standard InChI is InChI=1S/C30H29IN4O2/c1-2-3-6-24-20-33-30(35(29(24)36)21-22-8-10-25(11-9-22)31-16-17-31)34-26-12-14-27(15-13-26)37-28-7-4-5-23(18-28)19-32/h4-5,7-18,24H,2-3,6,20-21H2,1H3,(H,33,34). The normalized spacial score (nSPS) is 17.2. The number of rotatable bonds is 9. The molecule has 0 saturated heterocycles. The number of amides is 1. The summed E-state index contributed by atoms with van der Waals surface area (Å²) in [6, 6.07) is 25.4. The molecular weight excluding hydrogens is 575 g/mol. The molecule has 1 amide bonds. The monoisotopic (exact) mass is 604 g/mol. The number of nitrogens with zero attached hydrogens (tertiary/aromatic N) is 3. The van der Waals surface area contributed by atoms with E-state index in [0.717, 1.165) is 30.5 Å². The quantitative estimate of drug-likeness (QED) is 0.264. The first-order chi connectivity index (χ1) is 18.1. The molecule has 37 heavy (non-hydrogen) atoms. The summed E-state index contributed by atoms with van der Waals surface area (Å²) in [7, 11) is 0. The zero-order valence-electron chi connectivity index (χ0n) is 20.7. The van der Waals surface area contributed by atoms with Crippen LogP contribution < -0.4 is 10.1 Å². The van der Waals surface area contributed by atoms with Gasteiger partial charge >= 0.3 is 174 Å². The molecule has 1 unspecified atom stereocenters. The molecular formula is C30H29IN4O2. The first-order valence-corrected chi connectivity index (χ1v) is 16.0. The van der Waals surface area contributed by atoms with Gasteiger partial charge in [-0.1, -0.05) is 6.07 Å². The first kappa shape index (κ1) is 25.0. The van der Waals surface area contributed by atoms with Gasteiger partial charge in [-0.05, 0) is 18.2 Å². The molecule has 2 heterocycles. The van der Waals surface area contributed by atoms with E-state index in [1.165, 1.54) is 3.57 Å². The molecule has 3 aromatic rings. The van der Waals surface area contributed by atoms with E-state index in [0.29, 0.717) is 36.1 Å². The fraction of sp³-hybridized carbons (Fsp3) is 0.233. The second-order valence-electron chi connectivity index (χ2n) is 9.04. The molecule has 0 aromatic heterocycles. The molecule has 2 aliphatic heterocycles. The SMILES string of the molecule is CCCCC1CN=C(Nc2ccc(Oc3cccc(C#N)c3)cc2)N(Cc2ccc(I3C=C3)cc2)C1=O. The van der Waals surface area contributed by atoms with E-state index >= 15 is 0 Å². The van der Waals surface area contributed by atoms with Crippen LogP contribution in [0.1, 0.15) is 37.3 Å². The van der Waals surface area contributed by atoms with Gasteiger partial charge in [0.05, 0.1) is 11.6 Å². The Kier molecular flexibility index (Phi) is 7.85. The molecule has 6 nitrogen and oxygen atoms in total. The van der Waals surface area contributed by atoms with Gasteiger partial charge in [0.1, 0.15) is 5.75 Å². The van der Waals surface area contributed by atoms with Crippen LogP contribution in [0.15, 0.2) is 86.0 Å². The number of halogens is 1. The average Bonchev–Trinajstić information content (AvgIpc) is 3.78. The van der Waals surface area contributed by atoms with Gasteiger partial charge in [-0.15, -0.1) is 0 Å². The number of hydrogen-bond acceptors (Lipinski definition) is 5. The third kappa shape index (κ3) is 6.38. The molecule has 2 aliphatic rings. The van der Waals surface area contributed by atoms with E-state index < -0.39 is 19.8 Å². The zero-order chi connectivity index (χ0) is 25.6. The van der Waals surface area contributed by atoms with E-state index in [4.69, 9.17) is 15.0 Å². The maximum absolute atomic E-state index is 13.5. The van der Waals surface area contributed by atoms with E-state index in [-0.39, 0.29) is 11.8 Å². The molecule has 1 N–H and O–H groups in total. The van der Waals surface area contributed by atoms with Crippen molar-refractivity contribution in [2.24, 2.45) is 10.9 Å². The molecule has 188 valence electrons.